The molecule has 2 saturated carbocycles. The molecule has 0 saturated heterocycles. The van der Waals surface area contributed by atoms with E-state index in [9.17, 15) is 0 Å². The Labute approximate surface area is 119 Å². The Balaban J connectivity index is 1.92. The molecule has 0 spiro atoms. The van der Waals surface area contributed by atoms with E-state index in [-0.39, 0.29) is 0 Å². The van der Waals surface area contributed by atoms with E-state index in [4.69, 9.17) is 4.74 Å². The van der Waals surface area contributed by atoms with Crippen molar-refractivity contribution in [1.82, 2.24) is 10.2 Å². The van der Waals surface area contributed by atoms with Crippen molar-refractivity contribution >= 4 is 0 Å². The van der Waals surface area contributed by atoms with E-state index in [0.717, 1.165) is 31.2 Å². The second-order valence-electron chi connectivity index (χ2n) is 6.82. The summed E-state index contributed by atoms with van der Waals surface area (Å²) in [6, 6.07) is 2.14. The van der Waals surface area contributed by atoms with E-state index in [1.807, 2.05) is 7.11 Å². The smallest absolute Gasteiger partial charge is 0.0630 e. The standard InChI is InChI=1S/C16H32N2O/c1-13(2)11-18(15-6-4-5-7-15)16(12-19-3)10-17-14-8-9-14/h13-17H,4-12H2,1-3H3. The van der Waals surface area contributed by atoms with Crippen LogP contribution in [0.2, 0.25) is 0 Å². The van der Waals surface area contributed by atoms with Gasteiger partial charge in [-0.15, -0.1) is 0 Å². The van der Waals surface area contributed by atoms with Crippen molar-refractivity contribution in [2.45, 2.75) is 70.5 Å². The molecule has 2 aliphatic rings. The largest absolute Gasteiger partial charge is 0.383 e. The Morgan fingerprint density at radius 2 is 1.84 bits per heavy atom. The molecule has 1 unspecified atom stereocenters. The van der Waals surface area contributed by atoms with Crippen LogP contribution in [0.1, 0.15) is 52.4 Å². The lowest BCUT2D eigenvalue weighted by Gasteiger charge is -2.37. The van der Waals surface area contributed by atoms with Crippen molar-refractivity contribution in [2.24, 2.45) is 5.92 Å². The van der Waals surface area contributed by atoms with Gasteiger partial charge in [0, 0.05) is 38.3 Å². The van der Waals surface area contributed by atoms with Gasteiger partial charge in [-0.05, 0) is 31.6 Å². The molecule has 0 heterocycles. The Morgan fingerprint density at radius 3 is 2.37 bits per heavy atom. The number of nitrogens with one attached hydrogen (secondary N) is 1. The molecule has 3 nitrogen and oxygen atoms in total. The summed E-state index contributed by atoms with van der Waals surface area (Å²) < 4.78 is 5.50. The predicted molar refractivity (Wildman–Crippen MR) is 80.5 cm³/mol. The third-order valence-corrected chi connectivity index (χ3v) is 4.42. The van der Waals surface area contributed by atoms with E-state index in [1.165, 1.54) is 45.1 Å². The van der Waals surface area contributed by atoms with Crippen LogP contribution in [0, 0.1) is 5.92 Å². The van der Waals surface area contributed by atoms with E-state index < -0.39 is 0 Å². The number of hydrogen-bond acceptors (Lipinski definition) is 3. The summed E-state index contributed by atoms with van der Waals surface area (Å²) in [5.74, 6) is 0.737. The molecule has 1 N–H and O–H groups in total. The number of methoxy groups -OCH3 is 1. The SMILES string of the molecule is COCC(CNC1CC1)N(CC(C)C)C1CCCC1. The first-order valence-electron chi connectivity index (χ1n) is 8.18. The summed E-state index contributed by atoms with van der Waals surface area (Å²) in [5.41, 5.74) is 0. The molecule has 0 aromatic heterocycles. The molecule has 3 heteroatoms. The Hall–Kier alpha value is -0.120. The lowest BCUT2D eigenvalue weighted by molar-refractivity contribution is 0.0525. The van der Waals surface area contributed by atoms with Crippen molar-refractivity contribution in [3.63, 3.8) is 0 Å². The van der Waals surface area contributed by atoms with Crippen molar-refractivity contribution in [3.05, 3.63) is 0 Å². The van der Waals surface area contributed by atoms with Crippen LogP contribution >= 0.6 is 0 Å². The molecule has 0 aromatic carbocycles. The molecule has 112 valence electrons. The number of rotatable bonds is 9. The minimum atomic E-state index is 0.552. The number of nitrogens with zero attached hydrogens (tertiary/aromatic N) is 1. The molecule has 0 bridgehead atoms. The highest BCUT2D eigenvalue weighted by Crippen LogP contribution is 2.26. The summed E-state index contributed by atoms with van der Waals surface area (Å²) in [5, 5.41) is 3.70. The molecular formula is C16H32N2O. The maximum atomic E-state index is 5.50. The average Bonchev–Trinajstić information content (AvgIpc) is 3.04. The molecule has 1 atom stereocenters. The molecular weight excluding hydrogens is 236 g/mol. The van der Waals surface area contributed by atoms with Crippen LogP contribution in [-0.4, -0.2) is 49.8 Å². The van der Waals surface area contributed by atoms with Gasteiger partial charge < -0.3 is 10.1 Å². The van der Waals surface area contributed by atoms with Crippen molar-refractivity contribution in [2.75, 3.05) is 26.8 Å². The van der Waals surface area contributed by atoms with Crippen LogP contribution in [-0.2, 0) is 4.74 Å². The van der Waals surface area contributed by atoms with Crippen molar-refractivity contribution in [1.29, 1.82) is 0 Å². The quantitative estimate of drug-likeness (QED) is 0.696. The molecule has 0 aromatic rings. The fourth-order valence-corrected chi connectivity index (χ4v) is 3.31. The minimum absolute atomic E-state index is 0.552. The fraction of sp³-hybridized carbons (Fsp3) is 1.00. The second-order valence-corrected chi connectivity index (χ2v) is 6.82. The zero-order chi connectivity index (χ0) is 13.7. The lowest BCUT2D eigenvalue weighted by Crippen LogP contribution is -2.51. The van der Waals surface area contributed by atoms with Gasteiger partial charge in [-0.25, -0.2) is 0 Å². The molecule has 2 fully saturated rings. The Bertz CT molecular complexity index is 247. The highest BCUT2D eigenvalue weighted by molar-refractivity contribution is 4.88. The van der Waals surface area contributed by atoms with Gasteiger partial charge in [0.05, 0.1) is 6.61 Å². The first-order chi connectivity index (χ1) is 9.20. The van der Waals surface area contributed by atoms with E-state index in [1.54, 1.807) is 0 Å². The van der Waals surface area contributed by atoms with E-state index in [2.05, 4.69) is 24.1 Å². The fourth-order valence-electron chi connectivity index (χ4n) is 3.31. The molecule has 0 aliphatic heterocycles. The lowest BCUT2D eigenvalue weighted by atomic mass is 10.1. The summed E-state index contributed by atoms with van der Waals surface area (Å²) in [7, 11) is 1.84. The van der Waals surface area contributed by atoms with E-state index >= 15 is 0 Å². The summed E-state index contributed by atoms with van der Waals surface area (Å²) in [6.07, 6.45) is 8.33. The highest BCUT2D eigenvalue weighted by Gasteiger charge is 2.30. The number of ether oxygens (including phenoxy) is 1. The first kappa shape index (κ1) is 15.3. The van der Waals surface area contributed by atoms with Crippen LogP contribution in [0.4, 0.5) is 0 Å². The third kappa shape index (κ3) is 5.05. The topological polar surface area (TPSA) is 24.5 Å². The predicted octanol–water partition coefficient (Wildman–Crippen LogP) is 2.65. The Kier molecular flexibility index (Phi) is 6.11. The highest BCUT2D eigenvalue weighted by atomic mass is 16.5. The van der Waals surface area contributed by atoms with Gasteiger partial charge in [-0.3, -0.25) is 4.90 Å². The monoisotopic (exact) mass is 268 g/mol. The van der Waals surface area contributed by atoms with Crippen LogP contribution in [0.5, 0.6) is 0 Å². The van der Waals surface area contributed by atoms with Gasteiger partial charge in [0.15, 0.2) is 0 Å². The van der Waals surface area contributed by atoms with Crippen molar-refractivity contribution in [3.8, 4) is 0 Å². The molecule has 2 aliphatic carbocycles. The van der Waals surface area contributed by atoms with Gasteiger partial charge >= 0.3 is 0 Å². The third-order valence-electron chi connectivity index (χ3n) is 4.42. The normalized spacial score (nSPS) is 22.6. The molecule has 2 rings (SSSR count). The van der Waals surface area contributed by atoms with Crippen molar-refractivity contribution < 1.29 is 4.74 Å². The summed E-state index contributed by atoms with van der Waals surface area (Å²) in [6.45, 7) is 7.84. The van der Waals surface area contributed by atoms with Crippen LogP contribution in [0.25, 0.3) is 0 Å². The van der Waals surface area contributed by atoms with Crippen LogP contribution in [0.3, 0.4) is 0 Å². The van der Waals surface area contributed by atoms with Gasteiger partial charge in [-0.2, -0.15) is 0 Å². The zero-order valence-corrected chi connectivity index (χ0v) is 13.0. The minimum Gasteiger partial charge on any atom is -0.383 e. The van der Waals surface area contributed by atoms with E-state index in [0.29, 0.717) is 6.04 Å². The second kappa shape index (κ2) is 7.61. The van der Waals surface area contributed by atoms with Crippen LogP contribution < -0.4 is 5.32 Å². The molecule has 0 radical (unpaired) electrons. The Morgan fingerprint density at radius 1 is 1.16 bits per heavy atom. The van der Waals surface area contributed by atoms with Gasteiger partial charge in [0.2, 0.25) is 0 Å². The number of hydrogen-bond donors (Lipinski definition) is 1. The summed E-state index contributed by atoms with van der Waals surface area (Å²) in [4.78, 5) is 2.75. The van der Waals surface area contributed by atoms with Crippen LogP contribution in [0.15, 0.2) is 0 Å². The first-order valence-corrected chi connectivity index (χ1v) is 8.18. The van der Waals surface area contributed by atoms with Gasteiger partial charge in [-0.1, -0.05) is 26.7 Å². The average molecular weight is 268 g/mol. The zero-order valence-electron chi connectivity index (χ0n) is 13.0. The molecule has 0 amide bonds. The maximum Gasteiger partial charge on any atom is 0.0630 e. The summed E-state index contributed by atoms with van der Waals surface area (Å²) >= 11 is 0. The van der Waals surface area contributed by atoms with Gasteiger partial charge in [0.25, 0.3) is 0 Å². The molecule has 19 heavy (non-hydrogen) atoms. The van der Waals surface area contributed by atoms with Gasteiger partial charge in [0.1, 0.15) is 0 Å². The maximum absolute atomic E-state index is 5.50.